The van der Waals surface area contributed by atoms with Gasteiger partial charge in [-0.2, -0.15) is 0 Å². The summed E-state index contributed by atoms with van der Waals surface area (Å²) < 4.78 is 10.5. The molecule has 0 amide bonds. The van der Waals surface area contributed by atoms with Crippen LogP contribution in [-0.2, 0) is 10.5 Å². The van der Waals surface area contributed by atoms with Crippen LogP contribution < -0.4 is 0 Å². The lowest BCUT2D eigenvalue weighted by atomic mass is 9.89. The molecule has 5 nitrogen and oxygen atoms in total. The van der Waals surface area contributed by atoms with Crippen molar-refractivity contribution in [1.29, 1.82) is 0 Å². The summed E-state index contributed by atoms with van der Waals surface area (Å²) in [4.78, 5) is 11.4. The highest BCUT2D eigenvalue weighted by Gasteiger charge is 2.21. The van der Waals surface area contributed by atoms with Gasteiger partial charge in [0.2, 0.25) is 5.89 Å². The summed E-state index contributed by atoms with van der Waals surface area (Å²) in [5, 5.41) is 8.95. The smallest absolute Gasteiger partial charge is 0.337 e. The Morgan fingerprint density at radius 3 is 2.65 bits per heavy atom. The van der Waals surface area contributed by atoms with E-state index < -0.39 is 0 Å². The van der Waals surface area contributed by atoms with E-state index in [4.69, 9.17) is 4.42 Å². The zero-order valence-electron chi connectivity index (χ0n) is 13.2. The first kappa shape index (κ1) is 16.1. The average Bonchev–Trinajstić information content (AvgIpc) is 3.09. The number of nitrogens with zero attached hydrogens (tertiary/aromatic N) is 2. The minimum atomic E-state index is -0.321. The molecule has 23 heavy (non-hydrogen) atoms. The van der Waals surface area contributed by atoms with E-state index in [0.29, 0.717) is 16.7 Å². The van der Waals surface area contributed by atoms with Crippen LogP contribution in [0.15, 0.2) is 33.9 Å². The maximum Gasteiger partial charge on any atom is 0.337 e. The number of ether oxygens (including phenoxy) is 1. The van der Waals surface area contributed by atoms with E-state index >= 15 is 0 Å². The zero-order chi connectivity index (χ0) is 16.1. The second kappa shape index (κ2) is 7.64. The molecule has 6 heteroatoms. The average molecular weight is 332 g/mol. The third kappa shape index (κ3) is 4.13. The van der Waals surface area contributed by atoms with Crippen LogP contribution in [0.4, 0.5) is 0 Å². The highest BCUT2D eigenvalue weighted by atomic mass is 32.2. The van der Waals surface area contributed by atoms with Gasteiger partial charge in [0.1, 0.15) is 0 Å². The first-order valence-electron chi connectivity index (χ1n) is 7.89. The van der Waals surface area contributed by atoms with Crippen molar-refractivity contribution in [2.45, 2.75) is 49.0 Å². The van der Waals surface area contributed by atoms with Crippen LogP contribution in [-0.4, -0.2) is 23.3 Å². The van der Waals surface area contributed by atoms with Gasteiger partial charge < -0.3 is 9.15 Å². The lowest BCUT2D eigenvalue weighted by Crippen LogP contribution is -2.04. The van der Waals surface area contributed by atoms with Gasteiger partial charge in [0, 0.05) is 11.7 Å². The van der Waals surface area contributed by atoms with Gasteiger partial charge in [0.05, 0.1) is 12.7 Å². The maximum atomic E-state index is 11.4. The van der Waals surface area contributed by atoms with Crippen molar-refractivity contribution in [3.8, 4) is 0 Å². The molecule has 1 fully saturated rings. The number of hydrogen-bond donors (Lipinski definition) is 0. The Balaban J connectivity index is 1.56. The van der Waals surface area contributed by atoms with Crippen LogP contribution in [0.5, 0.6) is 0 Å². The van der Waals surface area contributed by atoms with E-state index in [1.807, 2.05) is 12.1 Å². The minimum Gasteiger partial charge on any atom is -0.465 e. The number of rotatable bonds is 5. The molecule has 1 heterocycles. The fraction of sp³-hybridized carbons (Fsp3) is 0.471. The molecule has 0 atom stereocenters. The van der Waals surface area contributed by atoms with Gasteiger partial charge in [-0.05, 0) is 30.5 Å². The van der Waals surface area contributed by atoms with Gasteiger partial charge in [-0.15, -0.1) is 10.2 Å². The van der Waals surface area contributed by atoms with Crippen LogP contribution >= 0.6 is 11.8 Å². The fourth-order valence-electron chi connectivity index (χ4n) is 2.79. The first-order chi connectivity index (χ1) is 11.3. The molecular formula is C17H20N2O3S. The van der Waals surface area contributed by atoms with E-state index in [9.17, 15) is 4.79 Å². The van der Waals surface area contributed by atoms with Gasteiger partial charge >= 0.3 is 5.97 Å². The third-order valence-electron chi connectivity index (χ3n) is 4.11. The largest absolute Gasteiger partial charge is 0.465 e. The van der Waals surface area contributed by atoms with Crippen molar-refractivity contribution in [2.24, 2.45) is 0 Å². The van der Waals surface area contributed by atoms with Crippen LogP contribution in [0.2, 0.25) is 0 Å². The van der Waals surface area contributed by atoms with Crippen molar-refractivity contribution < 1.29 is 13.9 Å². The Morgan fingerprint density at radius 2 is 1.96 bits per heavy atom. The SMILES string of the molecule is COC(=O)c1ccc(CSc2nnc(C3CCCCC3)o2)cc1. The van der Waals surface area contributed by atoms with E-state index in [1.165, 1.54) is 38.1 Å². The Labute approximate surface area is 139 Å². The molecular weight excluding hydrogens is 312 g/mol. The van der Waals surface area contributed by atoms with E-state index in [0.717, 1.165) is 30.0 Å². The molecule has 3 rings (SSSR count). The normalized spacial score (nSPS) is 15.5. The Hall–Kier alpha value is -1.82. The molecule has 122 valence electrons. The molecule has 0 spiro atoms. The number of carbonyl (C=O) groups excluding carboxylic acids is 1. The standard InChI is InChI=1S/C17H20N2O3S/c1-21-16(20)14-9-7-12(8-10-14)11-23-17-19-18-15(22-17)13-5-3-2-4-6-13/h7-10,13H,2-6,11H2,1H3. The van der Waals surface area contributed by atoms with Crippen molar-refractivity contribution in [3.63, 3.8) is 0 Å². The van der Waals surface area contributed by atoms with Gasteiger partial charge in [-0.25, -0.2) is 4.79 Å². The molecule has 2 aromatic rings. The molecule has 1 aromatic heterocycles. The van der Waals surface area contributed by atoms with Crippen LogP contribution in [0.3, 0.4) is 0 Å². The number of methoxy groups -OCH3 is 1. The minimum absolute atomic E-state index is 0.321. The predicted octanol–water partition coefficient (Wildman–Crippen LogP) is 4.20. The molecule has 1 aliphatic carbocycles. The molecule has 0 bridgehead atoms. The quantitative estimate of drug-likeness (QED) is 0.604. The van der Waals surface area contributed by atoms with Crippen molar-refractivity contribution in [3.05, 3.63) is 41.3 Å². The third-order valence-corrected chi connectivity index (χ3v) is 5.00. The molecule has 0 N–H and O–H groups in total. The number of thioether (sulfide) groups is 1. The number of benzene rings is 1. The van der Waals surface area contributed by atoms with Gasteiger partial charge in [-0.3, -0.25) is 0 Å². The van der Waals surface area contributed by atoms with E-state index in [-0.39, 0.29) is 5.97 Å². The lowest BCUT2D eigenvalue weighted by Gasteiger charge is -2.17. The molecule has 0 aliphatic heterocycles. The summed E-state index contributed by atoms with van der Waals surface area (Å²) in [7, 11) is 1.38. The molecule has 0 saturated heterocycles. The number of carbonyl (C=O) groups is 1. The number of hydrogen-bond acceptors (Lipinski definition) is 6. The van der Waals surface area contributed by atoms with Gasteiger partial charge in [-0.1, -0.05) is 43.2 Å². The van der Waals surface area contributed by atoms with Crippen LogP contribution in [0, 0.1) is 0 Å². The monoisotopic (exact) mass is 332 g/mol. The fourth-order valence-corrected chi connectivity index (χ4v) is 3.52. The summed E-state index contributed by atoms with van der Waals surface area (Å²) in [6, 6.07) is 7.36. The van der Waals surface area contributed by atoms with Gasteiger partial charge in [0.15, 0.2) is 0 Å². The van der Waals surface area contributed by atoms with Crippen molar-refractivity contribution in [1.82, 2.24) is 10.2 Å². The number of esters is 1. The summed E-state index contributed by atoms with van der Waals surface area (Å²) in [5.74, 6) is 1.63. The predicted molar refractivity (Wildman–Crippen MR) is 87.5 cm³/mol. The van der Waals surface area contributed by atoms with E-state index in [1.54, 1.807) is 12.1 Å². The lowest BCUT2D eigenvalue weighted by molar-refractivity contribution is 0.0600. The summed E-state index contributed by atoms with van der Waals surface area (Å²) in [6.45, 7) is 0. The van der Waals surface area contributed by atoms with Crippen LogP contribution in [0.25, 0.3) is 0 Å². The topological polar surface area (TPSA) is 65.2 Å². The summed E-state index contributed by atoms with van der Waals surface area (Å²) >= 11 is 1.52. The van der Waals surface area contributed by atoms with E-state index in [2.05, 4.69) is 14.9 Å². The first-order valence-corrected chi connectivity index (χ1v) is 8.88. The summed E-state index contributed by atoms with van der Waals surface area (Å²) in [5.41, 5.74) is 1.65. The Morgan fingerprint density at radius 1 is 1.22 bits per heavy atom. The summed E-state index contributed by atoms with van der Waals surface area (Å²) in [6.07, 6.45) is 6.13. The molecule has 1 saturated carbocycles. The second-order valence-electron chi connectivity index (χ2n) is 5.72. The Kier molecular flexibility index (Phi) is 5.33. The molecule has 0 unspecified atom stereocenters. The maximum absolute atomic E-state index is 11.4. The van der Waals surface area contributed by atoms with Gasteiger partial charge in [0.25, 0.3) is 5.22 Å². The Bertz CT molecular complexity index is 648. The van der Waals surface area contributed by atoms with Crippen LogP contribution in [0.1, 0.15) is 59.8 Å². The highest BCUT2D eigenvalue weighted by Crippen LogP contribution is 2.33. The second-order valence-corrected chi connectivity index (χ2v) is 6.64. The highest BCUT2D eigenvalue weighted by molar-refractivity contribution is 7.98. The van der Waals surface area contributed by atoms with Crippen molar-refractivity contribution in [2.75, 3.05) is 7.11 Å². The number of aromatic nitrogens is 2. The molecule has 1 aromatic carbocycles. The van der Waals surface area contributed by atoms with Crippen molar-refractivity contribution >= 4 is 17.7 Å². The molecule has 1 aliphatic rings. The molecule has 0 radical (unpaired) electrons. The zero-order valence-corrected chi connectivity index (χ0v) is 14.0.